The van der Waals surface area contributed by atoms with Crippen LogP contribution >= 0.6 is 0 Å². The molecule has 1 unspecified atom stereocenters. The van der Waals surface area contributed by atoms with E-state index in [-0.39, 0.29) is 5.41 Å². The summed E-state index contributed by atoms with van der Waals surface area (Å²) >= 11 is 0. The van der Waals surface area contributed by atoms with Gasteiger partial charge in [-0.2, -0.15) is 0 Å². The molecule has 0 radical (unpaired) electrons. The Kier molecular flexibility index (Phi) is 8.72. The Balaban J connectivity index is 1.04. The lowest BCUT2D eigenvalue weighted by Gasteiger charge is -2.35. The Hall–Kier alpha value is -7.94. The molecule has 2 heteroatoms. The first kappa shape index (κ1) is 36.9. The summed E-state index contributed by atoms with van der Waals surface area (Å²) < 4.78 is 6.59. The Morgan fingerprint density at radius 2 is 1.11 bits per heavy atom. The van der Waals surface area contributed by atoms with E-state index in [1.54, 1.807) is 0 Å². The fourth-order valence-electron chi connectivity index (χ4n) is 10.2. The van der Waals surface area contributed by atoms with Gasteiger partial charge in [0.05, 0.1) is 5.69 Å². The zero-order chi connectivity index (χ0) is 41.9. The van der Waals surface area contributed by atoms with Crippen molar-refractivity contribution >= 4 is 65.6 Å². The van der Waals surface area contributed by atoms with E-state index < -0.39 is 0 Å². The number of benzene rings is 10. The molecule has 10 aromatic carbocycles. The largest absolute Gasteiger partial charge is 0.455 e. The molecule has 11 aromatic rings. The molecule has 0 bridgehead atoms. The standard InChI is InChI=1S/C61H43NO/c1-61(56-31-15-28-50-47-23-6-5-18-42(47)34-35-51(50)56)38-36-45(37-39-61)62(46-22-11-21-44(40-46)49-27-14-30-55-53-25-8-10-33-58(53)63-60(49)55)57-32-9-7-24-52(57)54-29-13-20-43-19-12-26-48(59(43)54)41-16-3-2-4-17-41/h2-38,40H,39H2,1H3. The average molecular weight is 806 g/mol. The van der Waals surface area contributed by atoms with Crippen LogP contribution in [0.2, 0.25) is 0 Å². The molecule has 1 aliphatic rings. The number of fused-ring (bicyclic) bond motifs is 7. The zero-order valence-electron chi connectivity index (χ0n) is 35.0. The van der Waals surface area contributed by atoms with Gasteiger partial charge < -0.3 is 9.32 Å². The van der Waals surface area contributed by atoms with E-state index in [4.69, 9.17) is 4.42 Å². The molecular formula is C61H43NO. The summed E-state index contributed by atoms with van der Waals surface area (Å²) in [6.45, 7) is 2.38. The van der Waals surface area contributed by atoms with Crippen LogP contribution in [0.5, 0.6) is 0 Å². The maximum absolute atomic E-state index is 6.59. The third kappa shape index (κ3) is 6.17. The monoisotopic (exact) mass is 805 g/mol. The fraction of sp³-hybridized carbons (Fsp3) is 0.0492. The van der Waals surface area contributed by atoms with Gasteiger partial charge in [-0.1, -0.05) is 207 Å². The second-order valence-electron chi connectivity index (χ2n) is 17.0. The van der Waals surface area contributed by atoms with Gasteiger partial charge in [0, 0.05) is 38.7 Å². The molecule has 298 valence electrons. The van der Waals surface area contributed by atoms with Crippen molar-refractivity contribution in [2.45, 2.75) is 18.8 Å². The number of para-hydroxylation sites is 3. The molecule has 1 aliphatic carbocycles. The number of rotatable bonds is 7. The maximum atomic E-state index is 6.59. The lowest BCUT2D eigenvalue weighted by Crippen LogP contribution is -2.25. The number of hydrogen-bond acceptors (Lipinski definition) is 2. The van der Waals surface area contributed by atoms with Crippen LogP contribution in [0.15, 0.2) is 241 Å². The molecule has 0 saturated heterocycles. The Bertz CT molecular complexity index is 3620. The molecule has 0 saturated carbocycles. The minimum Gasteiger partial charge on any atom is -0.455 e. The second-order valence-corrected chi connectivity index (χ2v) is 17.0. The van der Waals surface area contributed by atoms with E-state index in [1.807, 2.05) is 6.07 Å². The molecule has 1 aromatic heterocycles. The van der Waals surface area contributed by atoms with Crippen molar-refractivity contribution in [2.75, 3.05) is 4.90 Å². The van der Waals surface area contributed by atoms with E-state index in [0.29, 0.717) is 0 Å². The van der Waals surface area contributed by atoms with Gasteiger partial charge in [-0.25, -0.2) is 0 Å². The number of allylic oxidation sites excluding steroid dienone is 3. The minimum atomic E-state index is -0.213. The average Bonchev–Trinajstić information content (AvgIpc) is 3.74. The van der Waals surface area contributed by atoms with Gasteiger partial charge >= 0.3 is 0 Å². The molecule has 1 heterocycles. The smallest absolute Gasteiger partial charge is 0.143 e. The van der Waals surface area contributed by atoms with Crippen LogP contribution in [0.1, 0.15) is 18.9 Å². The van der Waals surface area contributed by atoms with Crippen molar-refractivity contribution < 1.29 is 4.42 Å². The molecule has 12 rings (SSSR count). The topological polar surface area (TPSA) is 16.4 Å². The summed E-state index contributed by atoms with van der Waals surface area (Å²) in [5.41, 5.74) is 13.2. The quantitative estimate of drug-likeness (QED) is 0.149. The highest BCUT2D eigenvalue weighted by molar-refractivity contribution is 6.11. The van der Waals surface area contributed by atoms with Crippen molar-refractivity contribution in [3.05, 3.63) is 242 Å². The first-order valence-corrected chi connectivity index (χ1v) is 21.9. The van der Waals surface area contributed by atoms with Gasteiger partial charge in [0.1, 0.15) is 11.2 Å². The summed E-state index contributed by atoms with van der Waals surface area (Å²) in [4.78, 5) is 2.47. The van der Waals surface area contributed by atoms with Gasteiger partial charge in [-0.15, -0.1) is 0 Å². The summed E-state index contributed by atoms with van der Waals surface area (Å²) in [6, 6.07) is 77.0. The fourth-order valence-corrected chi connectivity index (χ4v) is 10.2. The van der Waals surface area contributed by atoms with Gasteiger partial charge in [0.2, 0.25) is 0 Å². The van der Waals surface area contributed by atoms with E-state index in [2.05, 4.69) is 236 Å². The molecule has 0 N–H and O–H groups in total. The third-order valence-electron chi connectivity index (χ3n) is 13.3. The first-order chi connectivity index (χ1) is 31.1. The SMILES string of the molecule is CC1(c2cccc3c2ccc2ccccc23)C=CC(N(c2cccc(-c3cccc4c3oc3ccccc34)c2)c2ccccc2-c2cccc3cccc(-c4ccccc4)c23)=CC1. The summed E-state index contributed by atoms with van der Waals surface area (Å²) in [5, 5.41) is 9.88. The van der Waals surface area contributed by atoms with E-state index in [9.17, 15) is 0 Å². The predicted molar refractivity (Wildman–Crippen MR) is 267 cm³/mol. The highest BCUT2D eigenvalue weighted by Crippen LogP contribution is 2.47. The third-order valence-corrected chi connectivity index (χ3v) is 13.3. The Morgan fingerprint density at radius 1 is 0.460 bits per heavy atom. The van der Waals surface area contributed by atoms with Crippen LogP contribution in [-0.2, 0) is 5.41 Å². The van der Waals surface area contributed by atoms with Crippen molar-refractivity contribution in [1.29, 1.82) is 0 Å². The van der Waals surface area contributed by atoms with Crippen molar-refractivity contribution in [3.8, 4) is 33.4 Å². The summed E-state index contributed by atoms with van der Waals surface area (Å²) in [6.07, 6.45) is 8.08. The molecule has 1 atom stereocenters. The van der Waals surface area contributed by atoms with Crippen LogP contribution in [0.25, 0.3) is 87.6 Å². The molecule has 2 nitrogen and oxygen atoms in total. The van der Waals surface area contributed by atoms with E-state index in [1.165, 1.54) is 60.1 Å². The highest BCUT2D eigenvalue weighted by atomic mass is 16.3. The van der Waals surface area contributed by atoms with Crippen molar-refractivity contribution in [3.63, 3.8) is 0 Å². The normalized spacial score (nSPS) is 15.1. The highest BCUT2D eigenvalue weighted by Gasteiger charge is 2.30. The van der Waals surface area contributed by atoms with Crippen LogP contribution in [0.4, 0.5) is 11.4 Å². The lowest BCUT2D eigenvalue weighted by atomic mass is 9.74. The first-order valence-electron chi connectivity index (χ1n) is 21.9. The van der Waals surface area contributed by atoms with Crippen molar-refractivity contribution in [2.24, 2.45) is 0 Å². The van der Waals surface area contributed by atoms with Crippen molar-refractivity contribution in [1.82, 2.24) is 0 Å². The summed E-state index contributed by atoms with van der Waals surface area (Å²) in [7, 11) is 0. The molecule has 0 fully saturated rings. The van der Waals surface area contributed by atoms with Gasteiger partial charge in [-0.05, 0) is 96.9 Å². The number of furan rings is 1. The molecular weight excluding hydrogens is 763 g/mol. The minimum absolute atomic E-state index is 0.213. The Labute approximate surface area is 367 Å². The molecule has 0 spiro atoms. The Morgan fingerprint density at radius 3 is 1.98 bits per heavy atom. The maximum Gasteiger partial charge on any atom is 0.143 e. The van der Waals surface area contributed by atoms with Crippen LogP contribution in [-0.4, -0.2) is 0 Å². The van der Waals surface area contributed by atoms with E-state index in [0.717, 1.165) is 56.6 Å². The molecule has 0 aliphatic heterocycles. The van der Waals surface area contributed by atoms with Gasteiger partial charge in [0.15, 0.2) is 0 Å². The van der Waals surface area contributed by atoms with Gasteiger partial charge in [-0.3, -0.25) is 0 Å². The number of hydrogen-bond donors (Lipinski definition) is 0. The molecule has 0 amide bonds. The van der Waals surface area contributed by atoms with Crippen LogP contribution in [0, 0.1) is 0 Å². The molecule has 63 heavy (non-hydrogen) atoms. The number of nitrogens with zero attached hydrogens (tertiary/aromatic N) is 1. The zero-order valence-corrected chi connectivity index (χ0v) is 35.0. The lowest BCUT2D eigenvalue weighted by molar-refractivity contribution is 0.601. The number of anilines is 2. The predicted octanol–water partition coefficient (Wildman–Crippen LogP) is 17.0. The second kappa shape index (κ2) is 14.9. The van der Waals surface area contributed by atoms with E-state index >= 15 is 0 Å². The van der Waals surface area contributed by atoms with Gasteiger partial charge in [0.25, 0.3) is 0 Å². The summed E-state index contributed by atoms with van der Waals surface area (Å²) in [5.74, 6) is 0. The van der Waals surface area contributed by atoms with Crippen LogP contribution in [0.3, 0.4) is 0 Å². The van der Waals surface area contributed by atoms with Crippen LogP contribution < -0.4 is 4.90 Å².